The molecule has 158 valence electrons. The molecule has 1 aromatic heterocycles. The van der Waals surface area contributed by atoms with Gasteiger partial charge in [-0.05, 0) is 43.2 Å². The summed E-state index contributed by atoms with van der Waals surface area (Å²) in [4.78, 5) is 17.5. The van der Waals surface area contributed by atoms with Crippen LogP contribution in [0.5, 0.6) is 0 Å². The zero-order valence-corrected chi connectivity index (χ0v) is 18.2. The smallest absolute Gasteiger partial charge is 0.266 e. The number of unbranched alkanes of at least 4 members (excludes halogenated alkanes) is 2. The second kappa shape index (κ2) is 10.8. The molecule has 0 unspecified atom stereocenters. The number of carbonyl (C=O) groups excluding carboxylic acids is 1. The summed E-state index contributed by atoms with van der Waals surface area (Å²) in [6.07, 6.45) is 7.84. The second-order valence-corrected chi connectivity index (χ2v) is 8.14. The summed E-state index contributed by atoms with van der Waals surface area (Å²) in [5, 5.41) is 12.4. The fourth-order valence-electron chi connectivity index (χ4n) is 2.55. The lowest BCUT2D eigenvalue weighted by Gasteiger charge is -2.11. The average molecular weight is 430 g/mol. The van der Waals surface area contributed by atoms with Gasteiger partial charge < -0.3 is 5.32 Å². The topological polar surface area (TPSA) is 65.8 Å². The average Bonchev–Trinajstić information content (AvgIpc) is 3.19. The van der Waals surface area contributed by atoms with Crippen molar-refractivity contribution in [2.75, 3.05) is 0 Å². The number of thiazole rings is 1. The van der Waals surface area contributed by atoms with Gasteiger partial charge in [0.05, 0.1) is 18.2 Å². The number of aromatic nitrogens is 1. The maximum atomic E-state index is 13.6. The molecule has 0 fully saturated rings. The maximum Gasteiger partial charge on any atom is 0.266 e. The predicted octanol–water partition coefficient (Wildman–Crippen LogP) is 6.12. The molecule has 1 heterocycles. The number of hydrogen-bond acceptors (Lipinski definition) is 4. The number of nitrogens with zero attached hydrogens (tertiary/aromatic N) is 2. The van der Waals surface area contributed by atoms with Crippen LogP contribution in [0.2, 0.25) is 0 Å². The first-order valence-corrected chi connectivity index (χ1v) is 10.6. The molecular weight excluding hydrogens is 404 g/mol. The molecule has 2 rings (SSSR count). The first-order valence-electron chi connectivity index (χ1n) is 9.74. The van der Waals surface area contributed by atoms with Crippen molar-refractivity contribution in [1.29, 1.82) is 5.26 Å². The number of hydrogen-bond donors (Lipinski definition) is 1. The van der Waals surface area contributed by atoms with Crippen LogP contribution in [-0.2, 0) is 6.54 Å². The molecule has 0 aliphatic heterocycles. The van der Waals surface area contributed by atoms with E-state index in [9.17, 15) is 13.6 Å². The molecule has 30 heavy (non-hydrogen) atoms. The van der Waals surface area contributed by atoms with Gasteiger partial charge in [0.1, 0.15) is 5.01 Å². The summed E-state index contributed by atoms with van der Waals surface area (Å²) in [7, 11) is 0. The molecule has 1 amide bonds. The highest BCUT2D eigenvalue weighted by atomic mass is 32.1. The van der Waals surface area contributed by atoms with E-state index in [1.807, 2.05) is 12.1 Å². The van der Waals surface area contributed by atoms with Gasteiger partial charge in [-0.25, -0.2) is 13.8 Å². The lowest BCUT2D eigenvalue weighted by Crippen LogP contribution is -2.22. The Morgan fingerprint density at radius 3 is 2.83 bits per heavy atom. The number of amides is 1. The summed E-state index contributed by atoms with van der Waals surface area (Å²) in [5.74, 6) is -3.18. The highest BCUT2D eigenvalue weighted by molar-refractivity contribution is 7.12. The number of nitriles is 1. The van der Waals surface area contributed by atoms with Gasteiger partial charge in [-0.1, -0.05) is 31.9 Å². The van der Waals surface area contributed by atoms with Crippen LogP contribution in [-0.4, -0.2) is 16.8 Å². The number of allylic oxidation sites excluding steroid dienone is 4. The molecule has 4 nitrogen and oxygen atoms in total. The fourth-order valence-corrected chi connectivity index (χ4v) is 3.42. The van der Waals surface area contributed by atoms with Crippen molar-refractivity contribution < 1.29 is 13.6 Å². The highest BCUT2D eigenvalue weighted by Crippen LogP contribution is 2.29. The van der Waals surface area contributed by atoms with Crippen molar-refractivity contribution in [2.24, 2.45) is 0 Å². The molecule has 0 spiro atoms. The van der Waals surface area contributed by atoms with E-state index in [0.29, 0.717) is 21.7 Å². The zero-order valence-electron chi connectivity index (χ0n) is 17.3. The SMILES string of the molecule is CCCC/C=C(\C=C(/C)C(C)(F)F)c1ncc(CNC(=O)c2cccc(C#N)c2)s1. The minimum Gasteiger partial charge on any atom is -0.347 e. The second-order valence-electron chi connectivity index (χ2n) is 7.02. The summed E-state index contributed by atoms with van der Waals surface area (Å²) in [6, 6.07) is 8.46. The van der Waals surface area contributed by atoms with Crippen LogP contribution < -0.4 is 5.32 Å². The van der Waals surface area contributed by atoms with Crippen LogP contribution >= 0.6 is 11.3 Å². The molecule has 1 N–H and O–H groups in total. The summed E-state index contributed by atoms with van der Waals surface area (Å²) in [5.41, 5.74) is 1.47. The van der Waals surface area contributed by atoms with Crippen LogP contribution in [0.25, 0.3) is 5.57 Å². The number of carbonyl (C=O) groups is 1. The van der Waals surface area contributed by atoms with Gasteiger partial charge in [0.15, 0.2) is 0 Å². The Kier molecular flexibility index (Phi) is 8.43. The van der Waals surface area contributed by atoms with Crippen molar-refractivity contribution in [1.82, 2.24) is 10.3 Å². The Balaban J connectivity index is 2.14. The van der Waals surface area contributed by atoms with Crippen LogP contribution in [0.3, 0.4) is 0 Å². The van der Waals surface area contributed by atoms with E-state index in [1.165, 1.54) is 30.4 Å². The summed E-state index contributed by atoms with van der Waals surface area (Å²) in [6.45, 7) is 4.64. The van der Waals surface area contributed by atoms with Gasteiger partial charge in [0.2, 0.25) is 0 Å². The van der Waals surface area contributed by atoms with Crippen LogP contribution in [0.15, 0.2) is 48.2 Å². The van der Waals surface area contributed by atoms with Crippen molar-refractivity contribution >= 4 is 22.8 Å². The van der Waals surface area contributed by atoms with Crippen molar-refractivity contribution in [3.63, 3.8) is 0 Å². The summed E-state index contributed by atoms with van der Waals surface area (Å²) < 4.78 is 27.3. The van der Waals surface area contributed by atoms with E-state index >= 15 is 0 Å². The van der Waals surface area contributed by atoms with E-state index < -0.39 is 5.92 Å². The maximum absolute atomic E-state index is 13.6. The number of nitrogens with one attached hydrogen (secondary N) is 1. The van der Waals surface area contributed by atoms with Gasteiger partial charge in [0, 0.05) is 29.1 Å². The van der Waals surface area contributed by atoms with Gasteiger partial charge in [0.25, 0.3) is 11.8 Å². The third kappa shape index (κ3) is 6.89. The molecule has 0 saturated heterocycles. The number of rotatable bonds is 9. The fraction of sp³-hybridized carbons (Fsp3) is 0.348. The molecule has 0 aliphatic carbocycles. The zero-order chi connectivity index (χ0) is 22.1. The number of alkyl halides is 2. The van der Waals surface area contributed by atoms with Gasteiger partial charge in [-0.15, -0.1) is 11.3 Å². The van der Waals surface area contributed by atoms with E-state index in [1.54, 1.807) is 24.4 Å². The largest absolute Gasteiger partial charge is 0.347 e. The van der Waals surface area contributed by atoms with E-state index in [0.717, 1.165) is 31.1 Å². The molecule has 0 bridgehead atoms. The van der Waals surface area contributed by atoms with Crippen LogP contribution in [0, 0.1) is 11.3 Å². The van der Waals surface area contributed by atoms with Crippen molar-refractivity contribution in [3.05, 3.63) is 69.2 Å². The number of halogens is 2. The van der Waals surface area contributed by atoms with E-state index in [2.05, 4.69) is 17.2 Å². The van der Waals surface area contributed by atoms with Crippen LogP contribution in [0.4, 0.5) is 8.78 Å². The first-order chi connectivity index (χ1) is 14.2. The first kappa shape index (κ1) is 23.4. The van der Waals surface area contributed by atoms with E-state index in [-0.39, 0.29) is 18.0 Å². The number of benzene rings is 1. The minimum atomic E-state index is -2.89. The third-order valence-electron chi connectivity index (χ3n) is 4.46. The standard InChI is InChI=1S/C23H25F2N3OS/c1-4-5-6-9-19(11-16(2)23(3,24)25)22-28-15-20(30-22)14-27-21(29)18-10-7-8-17(12-18)13-26/h7-12,15H,4-6,14H2,1-3H3,(H,27,29)/b16-11+,19-9+. The lowest BCUT2D eigenvalue weighted by molar-refractivity contribution is 0.0636. The van der Waals surface area contributed by atoms with Gasteiger partial charge in [-0.2, -0.15) is 5.26 Å². The van der Waals surface area contributed by atoms with Gasteiger partial charge >= 0.3 is 0 Å². The van der Waals surface area contributed by atoms with E-state index in [4.69, 9.17) is 5.26 Å². The Morgan fingerprint density at radius 1 is 1.40 bits per heavy atom. The Bertz CT molecular complexity index is 981. The van der Waals surface area contributed by atoms with Crippen molar-refractivity contribution in [2.45, 2.75) is 52.5 Å². The predicted molar refractivity (Wildman–Crippen MR) is 116 cm³/mol. The normalized spacial score (nSPS) is 12.5. The Labute approximate surface area is 180 Å². The third-order valence-corrected chi connectivity index (χ3v) is 5.51. The molecule has 0 radical (unpaired) electrons. The molecular formula is C23H25F2N3OS. The van der Waals surface area contributed by atoms with Gasteiger partial charge in [-0.3, -0.25) is 4.79 Å². The highest BCUT2D eigenvalue weighted by Gasteiger charge is 2.24. The molecule has 7 heteroatoms. The van der Waals surface area contributed by atoms with Crippen molar-refractivity contribution in [3.8, 4) is 6.07 Å². The summed E-state index contributed by atoms with van der Waals surface area (Å²) >= 11 is 1.36. The Hall–Kier alpha value is -2.85. The quantitative estimate of drug-likeness (QED) is 0.386. The monoisotopic (exact) mass is 429 g/mol. The Morgan fingerprint density at radius 2 is 2.17 bits per heavy atom. The molecule has 1 aromatic carbocycles. The molecule has 0 atom stereocenters. The van der Waals surface area contributed by atoms with Crippen LogP contribution in [0.1, 0.15) is 65.8 Å². The molecule has 0 saturated carbocycles. The minimum absolute atomic E-state index is 0.0207. The molecule has 2 aromatic rings. The lowest BCUT2D eigenvalue weighted by atomic mass is 10.1. The molecule has 0 aliphatic rings.